The van der Waals surface area contributed by atoms with Gasteiger partial charge in [0.25, 0.3) is 5.91 Å². The molecule has 0 aliphatic rings. The van der Waals surface area contributed by atoms with E-state index in [2.05, 4.69) is 21.2 Å². The molecule has 1 amide bonds. The number of hydrogen-bond donors (Lipinski definition) is 1. The Hall–Kier alpha value is -2.69. The van der Waals surface area contributed by atoms with Crippen molar-refractivity contribution < 1.29 is 19.0 Å². The first-order chi connectivity index (χ1) is 13.9. The average molecular weight is 480 g/mol. The number of hydrogen-bond acceptors (Lipinski definition) is 5. The van der Waals surface area contributed by atoms with Crippen molar-refractivity contribution in [2.45, 2.75) is 13.3 Å². The predicted octanol–water partition coefficient (Wildman–Crippen LogP) is 5.45. The number of nitriles is 1. The molecule has 6 nitrogen and oxygen atoms in total. The monoisotopic (exact) mass is 478 g/mol. The summed E-state index contributed by atoms with van der Waals surface area (Å²) in [6.07, 6.45) is 2.38. The third kappa shape index (κ3) is 5.89. The van der Waals surface area contributed by atoms with E-state index in [4.69, 9.17) is 25.8 Å². The van der Waals surface area contributed by atoms with Gasteiger partial charge in [0, 0.05) is 12.1 Å². The molecule has 0 spiro atoms. The molecule has 8 heteroatoms. The Bertz CT molecular complexity index is 970. The van der Waals surface area contributed by atoms with E-state index in [1.165, 1.54) is 32.4 Å². The molecule has 0 aliphatic heterocycles. The lowest BCUT2D eigenvalue weighted by Crippen LogP contribution is -2.14. The highest BCUT2D eigenvalue weighted by Gasteiger charge is 2.16. The van der Waals surface area contributed by atoms with E-state index in [9.17, 15) is 10.1 Å². The van der Waals surface area contributed by atoms with E-state index in [1.54, 1.807) is 18.2 Å². The van der Waals surface area contributed by atoms with Crippen molar-refractivity contribution in [1.82, 2.24) is 0 Å². The van der Waals surface area contributed by atoms with Crippen molar-refractivity contribution in [2.24, 2.45) is 0 Å². The number of carbonyl (C=O) groups excluding carboxylic acids is 1. The molecule has 0 saturated carbocycles. The summed E-state index contributed by atoms with van der Waals surface area (Å²) in [5.74, 6) is 0.834. The molecule has 0 saturated heterocycles. The maximum Gasteiger partial charge on any atom is 0.266 e. The number of rotatable bonds is 8. The van der Waals surface area contributed by atoms with Crippen LogP contribution in [-0.4, -0.2) is 26.7 Å². The van der Waals surface area contributed by atoms with Gasteiger partial charge in [-0.2, -0.15) is 5.26 Å². The van der Waals surface area contributed by atoms with Crippen molar-refractivity contribution in [3.63, 3.8) is 0 Å². The highest BCUT2D eigenvalue weighted by molar-refractivity contribution is 9.10. The van der Waals surface area contributed by atoms with Crippen LogP contribution in [0.2, 0.25) is 5.02 Å². The molecule has 0 atom stereocenters. The van der Waals surface area contributed by atoms with Gasteiger partial charge in [0.05, 0.1) is 36.0 Å². The summed E-state index contributed by atoms with van der Waals surface area (Å²) in [6.45, 7) is 2.63. The van der Waals surface area contributed by atoms with E-state index < -0.39 is 5.91 Å². The number of ether oxygens (including phenoxy) is 3. The second-order valence-electron chi connectivity index (χ2n) is 5.85. The smallest absolute Gasteiger partial charge is 0.266 e. The lowest BCUT2D eigenvalue weighted by Gasteiger charge is -2.13. The second-order valence-corrected chi connectivity index (χ2v) is 7.11. The van der Waals surface area contributed by atoms with Crippen LogP contribution in [0.15, 0.2) is 40.4 Å². The van der Waals surface area contributed by atoms with Crippen molar-refractivity contribution in [3.8, 4) is 23.3 Å². The van der Waals surface area contributed by atoms with Gasteiger partial charge >= 0.3 is 0 Å². The first-order valence-electron chi connectivity index (χ1n) is 8.70. The number of nitrogens with one attached hydrogen (secondary N) is 1. The summed E-state index contributed by atoms with van der Waals surface area (Å²) >= 11 is 9.52. The van der Waals surface area contributed by atoms with Gasteiger partial charge in [-0.1, -0.05) is 24.6 Å². The molecule has 0 heterocycles. The number of carbonyl (C=O) groups is 1. The van der Waals surface area contributed by atoms with E-state index in [0.29, 0.717) is 40.1 Å². The third-order valence-electron chi connectivity index (χ3n) is 3.82. The van der Waals surface area contributed by atoms with E-state index in [1.807, 2.05) is 13.0 Å². The molecule has 29 heavy (non-hydrogen) atoms. The van der Waals surface area contributed by atoms with E-state index in [-0.39, 0.29) is 5.57 Å². The summed E-state index contributed by atoms with van der Waals surface area (Å²) in [4.78, 5) is 12.6. The molecule has 0 radical (unpaired) electrons. The van der Waals surface area contributed by atoms with Gasteiger partial charge in [-0.3, -0.25) is 4.79 Å². The van der Waals surface area contributed by atoms with Crippen LogP contribution >= 0.6 is 27.5 Å². The molecule has 2 aromatic rings. The Morgan fingerprint density at radius 1 is 1.21 bits per heavy atom. The maximum absolute atomic E-state index is 12.6. The Morgan fingerprint density at radius 3 is 2.52 bits per heavy atom. The Balaban J connectivity index is 2.27. The minimum Gasteiger partial charge on any atom is -0.495 e. The molecule has 0 aromatic heterocycles. The molecule has 0 bridgehead atoms. The fourth-order valence-electron chi connectivity index (χ4n) is 2.40. The van der Waals surface area contributed by atoms with Crippen LogP contribution < -0.4 is 19.5 Å². The summed E-state index contributed by atoms with van der Waals surface area (Å²) < 4.78 is 16.8. The number of methoxy groups -OCH3 is 2. The third-order valence-corrected chi connectivity index (χ3v) is 4.73. The van der Waals surface area contributed by atoms with Crippen molar-refractivity contribution >= 4 is 45.2 Å². The van der Waals surface area contributed by atoms with Gasteiger partial charge in [-0.15, -0.1) is 0 Å². The lowest BCUT2D eigenvalue weighted by atomic mass is 10.1. The van der Waals surface area contributed by atoms with Crippen LogP contribution in [0.1, 0.15) is 18.9 Å². The fraction of sp³-hybridized carbons (Fsp3) is 0.238. The van der Waals surface area contributed by atoms with Crippen LogP contribution in [0.25, 0.3) is 6.08 Å². The van der Waals surface area contributed by atoms with Crippen molar-refractivity contribution in [1.29, 1.82) is 5.26 Å². The molecular formula is C21H20BrClN2O4. The first kappa shape index (κ1) is 22.6. The predicted molar refractivity (Wildman–Crippen MR) is 117 cm³/mol. The van der Waals surface area contributed by atoms with Crippen LogP contribution in [0.4, 0.5) is 5.69 Å². The standard InChI is InChI=1S/C21H20BrClN2O4/c1-4-7-29-18-6-5-13(9-15(18)22)8-14(12-24)21(26)25-17-11-19(27-2)16(23)10-20(17)28-3/h5-6,8-11H,4,7H2,1-3H3,(H,25,26)/b14-8+. The molecule has 0 aliphatic carbocycles. The number of benzene rings is 2. The van der Waals surface area contributed by atoms with Crippen LogP contribution in [0, 0.1) is 11.3 Å². The number of nitrogens with zero attached hydrogens (tertiary/aromatic N) is 1. The topological polar surface area (TPSA) is 80.6 Å². The first-order valence-corrected chi connectivity index (χ1v) is 9.87. The quantitative estimate of drug-likeness (QED) is 0.402. The highest BCUT2D eigenvalue weighted by atomic mass is 79.9. The highest BCUT2D eigenvalue weighted by Crippen LogP contribution is 2.36. The normalized spacial score (nSPS) is 10.8. The zero-order valence-corrected chi connectivity index (χ0v) is 18.6. The Morgan fingerprint density at radius 2 is 1.93 bits per heavy atom. The number of anilines is 1. The molecule has 0 unspecified atom stereocenters. The van der Waals surface area contributed by atoms with Gasteiger partial charge in [-0.05, 0) is 46.1 Å². The van der Waals surface area contributed by atoms with Gasteiger partial charge < -0.3 is 19.5 Å². The summed E-state index contributed by atoms with van der Waals surface area (Å²) in [5, 5.41) is 12.5. The largest absolute Gasteiger partial charge is 0.495 e. The van der Waals surface area contributed by atoms with E-state index in [0.717, 1.165) is 10.9 Å². The number of amides is 1. The lowest BCUT2D eigenvalue weighted by molar-refractivity contribution is -0.112. The number of halogens is 2. The molecule has 2 aromatic carbocycles. The van der Waals surface area contributed by atoms with Gasteiger partial charge in [0.2, 0.25) is 0 Å². The van der Waals surface area contributed by atoms with Crippen LogP contribution in [0.5, 0.6) is 17.2 Å². The molecule has 1 N–H and O–H groups in total. The second kappa shape index (κ2) is 10.7. The summed E-state index contributed by atoms with van der Waals surface area (Å²) in [5.41, 5.74) is 0.938. The van der Waals surface area contributed by atoms with Gasteiger partial charge in [0.1, 0.15) is 28.9 Å². The summed E-state index contributed by atoms with van der Waals surface area (Å²) in [7, 11) is 2.92. The average Bonchev–Trinajstić information content (AvgIpc) is 2.72. The van der Waals surface area contributed by atoms with Crippen LogP contribution in [0.3, 0.4) is 0 Å². The minimum absolute atomic E-state index is 0.0740. The Kier molecular flexibility index (Phi) is 8.37. The molecule has 152 valence electrons. The fourth-order valence-corrected chi connectivity index (χ4v) is 3.14. The maximum atomic E-state index is 12.6. The van der Waals surface area contributed by atoms with E-state index >= 15 is 0 Å². The minimum atomic E-state index is -0.586. The van der Waals surface area contributed by atoms with Crippen molar-refractivity contribution in [2.75, 3.05) is 26.1 Å². The van der Waals surface area contributed by atoms with Gasteiger partial charge in [-0.25, -0.2) is 0 Å². The Labute approximate surface area is 183 Å². The SMILES string of the molecule is CCCOc1ccc(/C=C(\C#N)C(=O)Nc2cc(OC)c(Cl)cc2OC)cc1Br. The molecular weight excluding hydrogens is 460 g/mol. The zero-order valence-electron chi connectivity index (χ0n) is 16.2. The summed E-state index contributed by atoms with van der Waals surface area (Å²) in [6, 6.07) is 10.3. The van der Waals surface area contributed by atoms with Gasteiger partial charge in [0.15, 0.2) is 0 Å². The van der Waals surface area contributed by atoms with Crippen molar-refractivity contribution in [3.05, 3.63) is 51.0 Å². The zero-order chi connectivity index (χ0) is 21.4. The molecule has 2 rings (SSSR count). The molecule has 0 fully saturated rings. The van der Waals surface area contributed by atoms with Crippen LogP contribution in [-0.2, 0) is 4.79 Å².